The zero-order valence-electron chi connectivity index (χ0n) is 21.6. The van der Waals surface area contributed by atoms with Gasteiger partial charge in [-0.05, 0) is 44.6 Å². The molecule has 0 spiro atoms. The van der Waals surface area contributed by atoms with Crippen molar-refractivity contribution in [2.75, 3.05) is 0 Å². The highest BCUT2D eigenvalue weighted by atomic mass is 16.7. The number of hydrogen-bond acceptors (Lipinski definition) is 3. The van der Waals surface area contributed by atoms with Crippen molar-refractivity contribution in [1.29, 1.82) is 0 Å². The summed E-state index contributed by atoms with van der Waals surface area (Å²) in [6, 6.07) is 0. The van der Waals surface area contributed by atoms with Crippen LogP contribution in [0.1, 0.15) is 144 Å². The molecule has 2 unspecified atom stereocenters. The lowest BCUT2D eigenvalue weighted by atomic mass is 10.0. The van der Waals surface area contributed by atoms with Crippen molar-refractivity contribution in [3.05, 3.63) is 12.2 Å². The van der Waals surface area contributed by atoms with Crippen molar-refractivity contribution in [1.82, 2.24) is 0 Å². The molecular formula is C28H54O3. The van der Waals surface area contributed by atoms with Crippen molar-refractivity contribution in [2.24, 2.45) is 5.92 Å². The minimum atomic E-state index is -0.522. The fourth-order valence-electron chi connectivity index (χ4n) is 3.58. The molecule has 0 N–H and O–H groups in total. The molecule has 0 aromatic heterocycles. The molecule has 0 aromatic carbocycles. The van der Waals surface area contributed by atoms with Gasteiger partial charge in [0.25, 0.3) is 0 Å². The molecule has 184 valence electrons. The summed E-state index contributed by atoms with van der Waals surface area (Å²) in [5, 5.41) is 0. The molecule has 0 heterocycles. The first-order valence-electron chi connectivity index (χ1n) is 13.5. The first-order valence-corrected chi connectivity index (χ1v) is 13.5. The van der Waals surface area contributed by atoms with Gasteiger partial charge in [-0.25, -0.2) is 4.79 Å². The van der Waals surface area contributed by atoms with Crippen LogP contribution < -0.4 is 0 Å². The molecule has 0 aliphatic rings. The fraction of sp³-hybridized carbons (Fsp3) is 0.893. The number of carbonyl (C=O) groups excluding carboxylic acids is 1. The van der Waals surface area contributed by atoms with Crippen molar-refractivity contribution in [3.63, 3.8) is 0 Å². The molecule has 0 saturated carbocycles. The Hall–Kier alpha value is -0.990. The molecule has 0 aromatic rings. The van der Waals surface area contributed by atoms with Crippen LogP contribution >= 0.6 is 0 Å². The number of hydrogen-bond donors (Lipinski definition) is 0. The predicted octanol–water partition coefficient (Wildman–Crippen LogP) is 9.78. The summed E-state index contributed by atoms with van der Waals surface area (Å²) in [5.74, 6) is 0.298. The summed E-state index contributed by atoms with van der Waals surface area (Å²) in [4.78, 5) is 12.2. The van der Waals surface area contributed by atoms with Gasteiger partial charge >= 0.3 is 6.16 Å². The summed E-state index contributed by atoms with van der Waals surface area (Å²) in [7, 11) is 0. The zero-order valence-corrected chi connectivity index (χ0v) is 21.6. The third kappa shape index (κ3) is 20.7. The Morgan fingerprint density at radius 3 is 1.68 bits per heavy atom. The summed E-state index contributed by atoms with van der Waals surface area (Å²) < 4.78 is 11.1. The highest BCUT2D eigenvalue weighted by molar-refractivity contribution is 5.60. The third-order valence-corrected chi connectivity index (χ3v) is 6.14. The Labute approximate surface area is 194 Å². The molecular weight excluding hydrogens is 384 g/mol. The number of carbonyl (C=O) groups is 1. The van der Waals surface area contributed by atoms with E-state index in [1.165, 1.54) is 89.9 Å². The van der Waals surface area contributed by atoms with Crippen LogP contribution in [0, 0.1) is 5.92 Å². The van der Waals surface area contributed by atoms with Crippen LogP contribution in [0.2, 0.25) is 0 Å². The maximum absolute atomic E-state index is 12.2. The summed E-state index contributed by atoms with van der Waals surface area (Å²) in [6.45, 7) is 10.6. The van der Waals surface area contributed by atoms with Gasteiger partial charge in [-0.15, -0.1) is 0 Å². The summed E-state index contributed by atoms with van der Waals surface area (Å²) in [6.07, 6.45) is 25.1. The molecule has 0 amide bonds. The largest absolute Gasteiger partial charge is 0.509 e. The molecule has 0 radical (unpaired) electrons. The van der Waals surface area contributed by atoms with Gasteiger partial charge in [-0.2, -0.15) is 0 Å². The van der Waals surface area contributed by atoms with Gasteiger partial charge in [0.05, 0.1) is 0 Å². The molecule has 31 heavy (non-hydrogen) atoms. The van der Waals surface area contributed by atoms with Crippen LogP contribution in [0.25, 0.3) is 0 Å². The number of unbranched alkanes of at least 4 members (excludes halogenated alkanes) is 14. The summed E-state index contributed by atoms with van der Waals surface area (Å²) >= 11 is 0. The Kier molecular flexibility index (Phi) is 21.5. The molecule has 3 nitrogen and oxygen atoms in total. The first-order chi connectivity index (χ1) is 15.0. The highest BCUT2D eigenvalue weighted by Crippen LogP contribution is 2.15. The minimum absolute atomic E-state index is 0.118. The van der Waals surface area contributed by atoms with E-state index in [2.05, 4.69) is 39.8 Å². The van der Waals surface area contributed by atoms with Crippen LogP contribution in [-0.2, 0) is 9.47 Å². The molecule has 0 saturated heterocycles. The third-order valence-electron chi connectivity index (χ3n) is 6.14. The van der Waals surface area contributed by atoms with Gasteiger partial charge < -0.3 is 9.47 Å². The van der Waals surface area contributed by atoms with Crippen LogP contribution in [0.5, 0.6) is 0 Å². The number of allylic oxidation sites excluding steroid dienone is 1. The van der Waals surface area contributed by atoms with Gasteiger partial charge in [-0.1, -0.05) is 117 Å². The van der Waals surface area contributed by atoms with Gasteiger partial charge in [0.1, 0.15) is 12.2 Å². The lowest BCUT2D eigenvalue weighted by Crippen LogP contribution is -2.24. The maximum Gasteiger partial charge on any atom is 0.509 e. The normalized spacial score (nSPS) is 13.6. The van der Waals surface area contributed by atoms with E-state index in [9.17, 15) is 4.79 Å². The molecule has 0 bridgehead atoms. The van der Waals surface area contributed by atoms with Crippen LogP contribution in [0.15, 0.2) is 12.2 Å². The second-order valence-electron chi connectivity index (χ2n) is 9.57. The Balaban J connectivity index is 4.21. The van der Waals surface area contributed by atoms with Gasteiger partial charge in [0.15, 0.2) is 0 Å². The lowest BCUT2D eigenvalue weighted by molar-refractivity contribution is -0.000258. The average Bonchev–Trinajstić information content (AvgIpc) is 2.73. The van der Waals surface area contributed by atoms with Gasteiger partial charge in [-0.3, -0.25) is 0 Å². The number of ether oxygens (including phenoxy) is 2. The fourth-order valence-corrected chi connectivity index (χ4v) is 3.58. The van der Waals surface area contributed by atoms with Crippen LogP contribution in [0.4, 0.5) is 4.79 Å². The van der Waals surface area contributed by atoms with Crippen LogP contribution in [0.3, 0.4) is 0 Å². The van der Waals surface area contributed by atoms with Crippen molar-refractivity contribution in [2.45, 2.75) is 156 Å². The molecule has 0 aliphatic heterocycles. The standard InChI is InChI=1S/C28H54O3/c1-6-8-10-12-14-16-18-20-22-24-27(31-28(29)30-26(5)25(3)4)23-21-19-17-15-13-11-9-7-2/h21,23,25-27H,6-20,22,24H2,1-5H3/b23-21+. The van der Waals surface area contributed by atoms with Crippen LogP contribution in [-0.4, -0.2) is 18.4 Å². The van der Waals surface area contributed by atoms with E-state index in [0.717, 1.165) is 19.3 Å². The smallest absolute Gasteiger partial charge is 0.431 e. The summed E-state index contributed by atoms with van der Waals surface area (Å²) in [5.41, 5.74) is 0. The monoisotopic (exact) mass is 438 g/mol. The lowest BCUT2D eigenvalue weighted by Gasteiger charge is -2.19. The molecule has 0 aliphatic carbocycles. The van der Waals surface area contributed by atoms with E-state index in [-0.39, 0.29) is 12.2 Å². The quantitative estimate of drug-likeness (QED) is 0.102. The van der Waals surface area contributed by atoms with Gasteiger partial charge in [0.2, 0.25) is 0 Å². The van der Waals surface area contributed by atoms with Crippen molar-refractivity contribution >= 4 is 6.16 Å². The molecule has 3 heteroatoms. The topological polar surface area (TPSA) is 35.5 Å². The Bertz CT molecular complexity index is 416. The van der Waals surface area contributed by atoms with Gasteiger partial charge in [0, 0.05) is 0 Å². The first kappa shape index (κ1) is 30.0. The molecule has 2 atom stereocenters. The maximum atomic E-state index is 12.2. The molecule has 0 rings (SSSR count). The zero-order chi connectivity index (χ0) is 23.2. The SMILES string of the molecule is CCCCCCCC/C=C/C(CCCCCCCCCCC)OC(=O)OC(C)C(C)C. The molecule has 0 fully saturated rings. The van der Waals surface area contributed by atoms with E-state index >= 15 is 0 Å². The van der Waals surface area contributed by atoms with E-state index in [4.69, 9.17) is 9.47 Å². The highest BCUT2D eigenvalue weighted by Gasteiger charge is 2.17. The van der Waals surface area contributed by atoms with Crippen molar-refractivity contribution < 1.29 is 14.3 Å². The average molecular weight is 439 g/mol. The van der Waals surface area contributed by atoms with E-state index in [1.54, 1.807) is 0 Å². The van der Waals surface area contributed by atoms with Crippen molar-refractivity contribution in [3.8, 4) is 0 Å². The minimum Gasteiger partial charge on any atom is -0.431 e. The second-order valence-corrected chi connectivity index (χ2v) is 9.57. The predicted molar refractivity (Wildman–Crippen MR) is 135 cm³/mol. The van der Waals surface area contributed by atoms with E-state index in [1.807, 2.05) is 6.92 Å². The Morgan fingerprint density at radius 1 is 0.677 bits per heavy atom. The van der Waals surface area contributed by atoms with E-state index < -0.39 is 6.16 Å². The Morgan fingerprint density at radius 2 is 1.16 bits per heavy atom. The number of rotatable bonds is 21. The van der Waals surface area contributed by atoms with E-state index in [0.29, 0.717) is 5.92 Å². The second kappa shape index (κ2) is 22.2.